The number of nitrogens with zero attached hydrogens (tertiary/aromatic N) is 1. The van der Waals surface area contributed by atoms with Crippen molar-refractivity contribution in [3.05, 3.63) is 59.7 Å². The van der Waals surface area contributed by atoms with Gasteiger partial charge in [-0.2, -0.15) is 0 Å². The number of hydrogen-bond acceptors (Lipinski definition) is 4. The van der Waals surface area contributed by atoms with Gasteiger partial charge in [0, 0.05) is 24.9 Å². The Morgan fingerprint density at radius 1 is 0.938 bits per heavy atom. The second-order valence-electron chi connectivity index (χ2n) is 8.64. The summed E-state index contributed by atoms with van der Waals surface area (Å²) in [4.78, 5) is 27.3. The van der Waals surface area contributed by atoms with Crippen LogP contribution in [0.2, 0.25) is 0 Å². The molecule has 1 aliphatic rings. The molecular formula is C26H34N2O4. The quantitative estimate of drug-likeness (QED) is 0.677. The van der Waals surface area contributed by atoms with Crippen LogP contribution < -0.4 is 14.8 Å². The number of carbonyl (C=O) groups is 2. The first-order valence-corrected chi connectivity index (χ1v) is 11.3. The molecule has 0 radical (unpaired) electrons. The van der Waals surface area contributed by atoms with Crippen LogP contribution in [0.3, 0.4) is 0 Å². The fraction of sp³-hybridized carbons (Fsp3) is 0.462. The summed E-state index contributed by atoms with van der Waals surface area (Å²) in [5.74, 6) is 1.72. The SMILES string of the molecule is COc1ccc(CC(NC(=O)C2CCN(C(=O)C(C)C)CC2)c2ccc(OC)cc2)cc1. The highest BCUT2D eigenvalue weighted by Gasteiger charge is 2.29. The van der Waals surface area contributed by atoms with E-state index in [0.717, 1.165) is 22.6 Å². The molecule has 172 valence electrons. The third-order valence-electron chi connectivity index (χ3n) is 6.10. The number of nitrogens with one attached hydrogen (secondary N) is 1. The number of methoxy groups -OCH3 is 2. The smallest absolute Gasteiger partial charge is 0.225 e. The van der Waals surface area contributed by atoms with Crippen LogP contribution in [0.1, 0.15) is 43.9 Å². The fourth-order valence-electron chi connectivity index (χ4n) is 4.10. The average molecular weight is 439 g/mol. The molecule has 3 rings (SSSR count). The van der Waals surface area contributed by atoms with E-state index in [-0.39, 0.29) is 29.7 Å². The van der Waals surface area contributed by atoms with Gasteiger partial charge >= 0.3 is 0 Å². The first-order valence-electron chi connectivity index (χ1n) is 11.3. The van der Waals surface area contributed by atoms with Gasteiger partial charge < -0.3 is 19.7 Å². The van der Waals surface area contributed by atoms with E-state index in [4.69, 9.17) is 9.47 Å². The predicted molar refractivity (Wildman–Crippen MR) is 125 cm³/mol. The van der Waals surface area contributed by atoms with E-state index in [0.29, 0.717) is 32.4 Å². The van der Waals surface area contributed by atoms with Gasteiger partial charge in [-0.25, -0.2) is 0 Å². The third kappa shape index (κ3) is 6.02. The van der Waals surface area contributed by atoms with Crippen LogP contribution in [0.4, 0.5) is 0 Å². The molecule has 0 bridgehead atoms. The number of carbonyl (C=O) groups excluding carboxylic acids is 2. The number of rotatable bonds is 8. The molecule has 2 aromatic rings. The molecule has 0 spiro atoms. The van der Waals surface area contributed by atoms with Crippen LogP contribution in [0.5, 0.6) is 11.5 Å². The summed E-state index contributed by atoms with van der Waals surface area (Å²) in [6.45, 7) is 5.11. The monoisotopic (exact) mass is 438 g/mol. The molecular weight excluding hydrogens is 404 g/mol. The zero-order chi connectivity index (χ0) is 23.1. The molecule has 2 amide bonds. The number of likely N-dealkylation sites (tertiary alicyclic amines) is 1. The van der Waals surface area contributed by atoms with Crippen molar-refractivity contribution < 1.29 is 19.1 Å². The van der Waals surface area contributed by atoms with Gasteiger partial charge in [-0.3, -0.25) is 9.59 Å². The minimum atomic E-state index is -0.155. The van der Waals surface area contributed by atoms with Gasteiger partial charge in [0.1, 0.15) is 11.5 Å². The van der Waals surface area contributed by atoms with Crippen molar-refractivity contribution in [3.8, 4) is 11.5 Å². The van der Waals surface area contributed by atoms with E-state index < -0.39 is 0 Å². The summed E-state index contributed by atoms with van der Waals surface area (Å²) < 4.78 is 10.5. The second kappa shape index (κ2) is 11.0. The van der Waals surface area contributed by atoms with E-state index in [1.54, 1.807) is 14.2 Å². The Morgan fingerprint density at radius 2 is 1.47 bits per heavy atom. The number of ether oxygens (including phenoxy) is 2. The number of amides is 2. The Kier molecular flexibility index (Phi) is 8.14. The van der Waals surface area contributed by atoms with Gasteiger partial charge in [0.25, 0.3) is 0 Å². The molecule has 6 heteroatoms. The molecule has 0 aliphatic carbocycles. The highest BCUT2D eigenvalue weighted by atomic mass is 16.5. The molecule has 1 heterocycles. The number of hydrogen-bond donors (Lipinski definition) is 1. The molecule has 1 aliphatic heterocycles. The topological polar surface area (TPSA) is 67.9 Å². The van der Waals surface area contributed by atoms with Crippen LogP contribution in [0.25, 0.3) is 0 Å². The molecule has 0 aromatic heterocycles. The highest BCUT2D eigenvalue weighted by molar-refractivity contribution is 5.81. The van der Waals surface area contributed by atoms with Gasteiger partial charge in [-0.1, -0.05) is 38.1 Å². The molecule has 1 fully saturated rings. The maximum atomic E-state index is 13.1. The molecule has 6 nitrogen and oxygen atoms in total. The Morgan fingerprint density at radius 3 is 1.97 bits per heavy atom. The van der Waals surface area contributed by atoms with Crippen LogP contribution in [-0.2, 0) is 16.0 Å². The molecule has 1 unspecified atom stereocenters. The van der Waals surface area contributed by atoms with Gasteiger partial charge in [0.05, 0.1) is 20.3 Å². The first-order chi connectivity index (χ1) is 15.4. The zero-order valence-corrected chi connectivity index (χ0v) is 19.5. The summed E-state index contributed by atoms with van der Waals surface area (Å²) in [5, 5.41) is 3.27. The van der Waals surface area contributed by atoms with Gasteiger partial charge in [0.2, 0.25) is 11.8 Å². The number of benzene rings is 2. The van der Waals surface area contributed by atoms with Crippen molar-refractivity contribution in [1.29, 1.82) is 0 Å². The summed E-state index contributed by atoms with van der Waals surface area (Å²) in [6, 6.07) is 15.6. The number of piperidine rings is 1. The highest BCUT2D eigenvalue weighted by Crippen LogP contribution is 2.25. The molecule has 0 saturated carbocycles. The lowest BCUT2D eigenvalue weighted by molar-refractivity contribution is -0.138. The minimum absolute atomic E-state index is 0.00988. The van der Waals surface area contributed by atoms with Gasteiger partial charge in [0.15, 0.2) is 0 Å². The maximum absolute atomic E-state index is 13.1. The van der Waals surface area contributed by atoms with Crippen LogP contribution in [-0.4, -0.2) is 44.0 Å². The summed E-state index contributed by atoms with van der Waals surface area (Å²) in [5.41, 5.74) is 2.15. The van der Waals surface area contributed by atoms with E-state index in [1.807, 2.05) is 67.3 Å². The molecule has 1 saturated heterocycles. The van der Waals surface area contributed by atoms with E-state index >= 15 is 0 Å². The summed E-state index contributed by atoms with van der Waals surface area (Å²) >= 11 is 0. The van der Waals surface area contributed by atoms with E-state index in [9.17, 15) is 9.59 Å². The fourth-order valence-corrected chi connectivity index (χ4v) is 4.10. The Balaban J connectivity index is 1.70. The largest absolute Gasteiger partial charge is 0.497 e. The molecule has 1 N–H and O–H groups in total. The van der Waals surface area contributed by atoms with Crippen molar-refractivity contribution in [2.75, 3.05) is 27.3 Å². The normalized spacial score (nSPS) is 15.3. The standard InChI is InChI=1S/C26H34N2O4/c1-18(2)26(30)28-15-13-21(14-16-28)25(29)27-24(20-7-11-23(32-4)12-8-20)17-19-5-9-22(31-3)10-6-19/h5-12,18,21,24H,13-17H2,1-4H3,(H,27,29). The van der Waals surface area contributed by atoms with Crippen LogP contribution >= 0.6 is 0 Å². The molecule has 2 aromatic carbocycles. The van der Waals surface area contributed by atoms with Crippen molar-refractivity contribution in [3.63, 3.8) is 0 Å². The Hall–Kier alpha value is -3.02. The van der Waals surface area contributed by atoms with Gasteiger partial charge in [-0.15, -0.1) is 0 Å². The lowest BCUT2D eigenvalue weighted by Gasteiger charge is -2.33. The van der Waals surface area contributed by atoms with Crippen molar-refractivity contribution in [2.45, 2.75) is 39.2 Å². The molecule has 1 atom stereocenters. The predicted octanol–water partition coefficient (Wildman–Crippen LogP) is 4.00. The van der Waals surface area contributed by atoms with E-state index in [2.05, 4.69) is 5.32 Å². The first kappa shape index (κ1) is 23.6. The Labute approximate surface area is 190 Å². The third-order valence-corrected chi connectivity index (χ3v) is 6.10. The lowest BCUT2D eigenvalue weighted by atomic mass is 9.93. The van der Waals surface area contributed by atoms with Crippen molar-refractivity contribution in [2.24, 2.45) is 11.8 Å². The lowest BCUT2D eigenvalue weighted by Crippen LogP contribution is -2.45. The van der Waals surface area contributed by atoms with Crippen LogP contribution in [0.15, 0.2) is 48.5 Å². The minimum Gasteiger partial charge on any atom is -0.497 e. The summed E-state index contributed by atoms with van der Waals surface area (Å²) in [7, 11) is 3.29. The summed E-state index contributed by atoms with van der Waals surface area (Å²) in [6.07, 6.45) is 2.07. The maximum Gasteiger partial charge on any atom is 0.225 e. The molecule has 32 heavy (non-hydrogen) atoms. The van der Waals surface area contributed by atoms with E-state index in [1.165, 1.54) is 0 Å². The van der Waals surface area contributed by atoms with Crippen LogP contribution in [0, 0.1) is 11.8 Å². The zero-order valence-electron chi connectivity index (χ0n) is 19.5. The second-order valence-corrected chi connectivity index (χ2v) is 8.64. The Bertz CT molecular complexity index is 885. The average Bonchev–Trinajstić information content (AvgIpc) is 2.83. The van der Waals surface area contributed by atoms with Crippen molar-refractivity contribution in [1.82, 2.24) is 10.2 Å². The van der Waals surface area contributed by atoms with Gasteiger partial charge in [-0.05, 0) is 54.7 Å². The van der Waals surface area contributed by atoms with Crippen molar-refractivity contribution >= 4 is 11.8 Å².